The predicted octanol–water partition coefficient (Wildman–Crippen LogP) is -0.594. The zero-order chi connectivity index (χ0) is 79.6. The first-order chi connectivity index (χ1) is 51.0. The fourth-order valence-corrected chi connectivity index (χ4v) is 11.5. The average Bonchev–Trinajstić information content (AvgIpc) is 1.28. The van der Waals surface area contributed by atoms with Crippen LogP contribution in [0.2, 0.25) is 0 Å². The SMILES string of the molecule is CCCCCCCCCCCCCCCC(=O)NC(CC(=N)CNCC)C(=O)NC(C)C(=O)NC(C(=O)NC(CC(=N)CN)C(=O)NC(C)C(=O)NC(CC1=CCC(=O)CC=C1)C(=O)NC(CCCN=C(N)N)CNC(Cc1cnc[nH]1)C(=O)NC(CCCN=C(N)N)C(=O)NC(CCCN)C(N)=O)C(C)C. The summed E-state index contributed by atoms with van der Waals surface area (Å²) in [5, 5.41) is 47.6. The number of Topliss-reactive ketones (excluding diaryl/α,β-unsaturated/α-hetero) is 1. The van der Waals surface area contributed by atoms with E-state index in [1.54, 1.807) is 32.1 Å². The van der Waals surface area contributed by atoms with Crippen molar-refractivity contribution < 1.29 is 52.7 Å². The van der Waals surface area contributed by atoms with Crippen LogP contribution in [-0.4, -0.2) is 204 Å². The average molecular weight is 1510 g/mol. The van der Waals surface area contributed by atoms with Crippen molar-refractivity contribution in [2.75, 3.05) is 45.8 Å². The summed E-state index contributed by atoms with van der Waals surface area (Å²) in [7, 11) is 0. The Kier molecular flexibility index (Phi) is 47.7. The number of amides is 10. The van der Waals surface area contributed by atoms with Gasteiger partial charge in [-0.2, -0.15) is 0 Å². The van der Waals surface area contributed by atoms with E-state index < -0.39 is 126 Å². The quantitative estimate of drug-likeness (QED) is 0.0220. The largest absolute Gasteiger partial charge is 0.370 e. The molecule has 602 valence electrons. The molecule has 35 nitrogen and oxygen atoms in total. The molecule has 0 saturated carbocycles. The number of hydrogen-bond acceptors (Lipinski definition) is 20. The summed E-state index contributed by atoms with van der Waals surface area (Å²) < 4.78 is 0. The van der Waals surface area contributed by atoms with Crippen molar-refractivity contribution in [2.45, 2.75) is 269 Å². The van der Waals surface area contributed by atoms with Crippen molar-refractivity contribution in [3.8, 4) is 0 Å². The highest BCUT2D eigenvalue weighted by Crippen LogP contribution is 2.17. The molecule has 1 aromatic heterocycles. The Hall–Kier alpha value is -9.22. The maximum absolute atomic E-state index is 14.8. The molecule has 0 bridgehead atoms. The molecular weight excluding hydrogens is 1380 g/mol. The van der Waals surface area contributed by atoms with Crippen LogP contribution in [0.4, 0.5) is 0 Å². The third kappa shape index (κ3) is 41.5. The lowest BCUT2D eigenvalue weighted by molar-refractivity contribution is -0.135. The van der Waals surface area contributed by atoms with Gasteiger partial charge in [0.15, 0.2) is 11.9 Å². The number of hydrogen-bond donors (Lipinski definition) is 21. The minimum atomic E-state index is -1.55. The monoisotopic (exact) mass is 1510 g/mol. The van der Waals surface area contributed by atoms with Crippen LogP contribution in [0.3, 0.4) is 0 Å². The standard InChI is InChI=1S/C72H128N24O11/c1-7-9-10-11-12-13-14-15-16-17-18-19-20-30-60(98)91-58(38-50(76)41-82-8-2)67(104)89-47(6)64(101)96-61(45(3)4)70(107)95-59(37-49(75)40-74)68(105)88-46(5)63(100)94-57(36-48-25-21-27-53(97)32-31-48)69(106)90-51(26-23-34-84-71(78)79)43-86-56(39-52-42-83-44-87-52)66(103)93-55(29-24-35-85-72(80)81)65(102)92-54(62(77)99)28-22-33-73/h21,25,31,42,44-47,51,54-59,61,75-76,82,86H,7-20,22-24,26-30,32-41,43,73-74H2,1-6H3,(H2,77,99)(H,83,87)(H,88,105)(H,89,104)(H,90,106)(H,91,98)(H,92,102)(H,93,103)(H,94,100)(H,95,107)(H,96,101)(H4,78,79,84)(H4,80,81,85). The van der Waals surface area contributed by atoms with Crippen LogP contribution in [0.5, 0.6) is 0 Å². The first-order valence-electron chi connectivity index (χ1n) is 38.0. The van der Waals surface area contributed by atoms with Crippen LogP contribution < -0.4 is 98.6 Å². The van der Waals surface area contributed by atoms with Gasteiger partial charge in [0.25, 0.3) is 0 Å². The number of carbonyl (C=O) groups excluding carboxylic acids is 11. The summed E-state index contributed by atoms with van der Waals surface area (Å²) in [6.45, 7) is 10.8. The molecule has 0 spiro atoms. The van der Waals surface area contributed by atoms with Crippen LogP contribution in [-0.2, 0) is 59.2 Å². The number of imidazole rings is 1. The second-order valence-electron chi connectivity index (χ2n) is 27.7. The lowest BCUT2D eigenvalue weighted by Gasteiger charge is -2.28. The zero-order valence-corrected chi connectivity index (χ0v) is 63.9. The number of allylic oxidation sites excluding steroid dienone is 3. The number of primary amides is 1. The minimum Gasteiger partial charge on any atom is -0.370 e. The summed E-state index contributed by atoms with van der Waals surface area (Å²) in [6.07, 6.45) is 23.4. The van der Waals surface area contributed by atoms with E-state index in [4.69, 9.17) is 51.0 Å². The summed E-state index contributed by atoms with van der Waals surface area (Å²) in [5.74, 6) is -8.60. The lowest BCUT2D eigenvalue weighted by atomic mass is 10.0. The number of aliphatic imine (C=N–C) groups is 2. The van der Waals surface area contributed by atoms with Gasteiger partial charge >= 0.3 is 0 Å². The molecular formula is C72H128N24O11. The second kappa shape index (κ2) is 54.4. The highest BCUT2D eigenvalue weighted by Gasteiger charge is 2.35. The number of guanidine groups is 2. The van der Waals surface area contributed by atoms with Gasteiger partial charge in [0.2, 0.25) is 59.1 Å². The van der Waals surface area contributed by atoms with Gasteiger partial charge in [-0.25, -0.2) is 4.98 Å². The normalized spacial score (nSPS) is 14.8. The number of aromatic nitrogens is 2. The van der Waals surface area contributed by atoms with Crippen molar-refractivity contribution in [3.05, 3.63) is 42.0 Å². The Bertz CT molecular complexity index is 3080. The fourth-order valence-electron chi connectivity index (χ4n) is 11.5. The number of rotatable bonds is 59. The Labute approximate surface area is 630 Å². The Morgan fingerprint density at radius 3 is 1.61 bits per heavy atom. The zero-order valence-electron chi connectivity index (χ0n) is 63.9. The van der Waals surface area contributed by atoms with Crippen LogP contribution in [0.15, 0.2) is 46.3 Å². The molecule has 10 unspecified atom stereocenters. The second-order valence-corrected chi connectivity index (χ2v) is 27.7. The Morgan fingerprint density at radius 2 is 1.06 bits per heavy atom. The molecule has 0 saturated heterocycles. The molecule has 28 N–H and O–H groups in total. The maximum Gasteiger partial charge on any atom is 0.243 e. The summed E-state index contributed by atoms with van der Waals surface area (Å²) in [6, 6.07) is -12.5. The van der Waals surface area contributed by atoms with Gasteiger partial charge in [-0.15, -0.1) is 0 Å². The molecule has 2 rings (SSSR count). The van der Waals surface area contributed by atoms with Gasteiger partial charge in [0, 0.05) is 107 Å². The van der Waals surface area contributed by atoms with E-state index in [-0.39, 0.29) is 145 Å². The number of nitrogens with one attached hydrogen (secondary N) is 14. The van der Waals surface area contributed by atoms with E-state index in [9.17, 15) is 52.7 Å². The number of nitrogens with zero attached hydrogens (tertiary/aromatic N) is 3. The third-order valence-electron chi connectivity index (χ3n) is 17.8. The molecule has 0 fully saturated rings. The maximum atomic E-state index is 14.8. The van der Waals surface area contributed by atoms with E-state index in [0.29, 0.717) is 30.7 Å². The fraction of sp³-hybridized carbons (Fsp3) is 0.694. The highest BCUT2D eigenvalue weighted by molar-refractivity contribution is 6.00. The number of unbranched alkanes of at least 4 members (excludes halogenated alkanes) is 12. The Morgan fingerprint density at radius 1 is 0.542 bits per heavy atom. The van der Waals surface area contributed by atoms with Gasteiger partial charge in [-0.1, -0.05) is 123 Å². The lowest BCUT2D eigenvalue weighted by Crippen LogP contribution is -2.60. The van der Waals surface area contributed by atoms with Gasteiger partial charge in [0.1, 0.15) is 54.1 Å². The van der Waals surface area contributed by atoms with Crippen molar-refractivity contribution in [1.29, 1.82) is 10.8 Å². The minimum absolute atomic E-state index is 0.0188. The third-order valence-corrected chi connectivity index (χ3v) is 17.8. The smallest absolute Gasteiger partial charge is 0.243 e. The van der Waals surface area contributed by atoms with E-state index >= 15 is 0 Å². The van der Waals surface area contributed by atoms with Gasteiger partial charge in [-0.05, 0) is 83.4 Å². The van der Waals surface area contributed by atoms with Crippen LogP contribution >= 0.6 is 0 Å². The molecule has 107 heavy (non-hydrogen) atoms. The predicted molar refractivity (Wildman–Crippen MR) is 414 cm³/mol. The highest BCUT2D eigenvalue weighted by atomic mass is 16.2. The number of H-pyrrole nitrogens is 1. The van der Waals surface area contributed by atoms with Crippen LogP contribution in [0, 0.1) is 16.7 Å². The van der Waals surface area contributed by atoms with Crippen molar-refractivity contribution in [3.63, 3.8) is 0 Å². The van der Waals surface area contributed by atoms with E-state index in [0.717, 1.165) is 25.7 Å². The molecule has 1 aromatic rings. The van der Waals surface area contributed by atoms with Crippen molar-refractivity contribution in [1.82, 2.24) is 68.5 Å². The summed E-state index contributed by atoms with van der Waals surface area (Å²) in [5.41, 5.74) is 40.5. The number of ketones is 1. The van der Waals surface area contributed by atoms with Gasteiger partial charge in [0.05, 0.1) is 12.4 Å². The number of carbonyl (C=O) groups is 11. The number of aromatic amines is 1. The van der Waals surface area contributed by atoms with E-state index in [1.807, 2.05) is 6.92 Å². The van der Waals surface area contributed by atoms with Gasteiger partial charge in [-0.3, -0.25) is 62.7 Å². The molecule has 1 heterocycles. The Balaban J connectivity index is 2.40. The molecule has 1 aliphatic carbocycles. The molecule has 0 radical (unpaired) electrons. The summed E-state index contributed by atoms with van der Waals surface area (Å²) >= 11 is 0. The first-order valence-corrected chi connectivity index (χ1v) is 38.0. The van der Waals surface area contributed by atoms with E-state index in [2.05, 4.69) is 85.4 Å². The van der Waals surface area contributed by atoms with Crippen molar-refractivity contribution in [2.24, 2.45) is 56.0 Å². The number of nitrogens with two attached hydrogens (primary N) is 7. The topological polar surface area (TPSA) is 603 Å². The molecule has 1 aliphatic rings. The van der Waals surface area contributed by atoms with Crippen LogP contribution in [0.25, 0.3) is 0 Å². The molecule has 10 atom stereocenters. The van der Waals surface area contributed by atoms with Crippen molar-refractivity contribution >= 4 is 88.2 Å². The van der Waals surface area contributed by atoms with Crippen LogP contribution in [0.1, 0.15) is 208 Å². The first kappa shape index (κ1) is 93.9. The van der Waals surface area contributed by atoms with E-state index in [1.165, 1.54) is 77.7 Å². The molecule has 10 amide bonds. The molecule has 0 aromatic carbocycles. The molecule has 35 heteroatoms. The van der Waals surface area contributed by atoms with Gasteiger partial charge < -0.3 is 114 Å². The molecule has 0 aliphatic heterocycles. The summed E-state index contributed by atoms with van der Waals surface area (Å²) in [4.78, 5) is 167.